The van der Waals surface area contributed by atoms with Gasteiger partial charge in [0.05, 0.1) is 45.4 Å². The second-order valence-corrected chi connectivity index (χ2v) is 13.0. The highest BCUT2D eigenvalue weighted by molar-refractivity contribution is 5.80. The molecule has 2 N–H and O–H groups in total. The maximum atomic E-state index is 14.1. The van der Waals surface area contributed by atoms with E-state index in [1.54, 1.807) is 20.3 Å². The molecule has 5 rings (SSSR count). The number of likely N-dealkylation sites (tertiary alicyclic amines) is 1. The van der Waals surface area contributed by atoms with Crippen LogP contribution in [0.5, 0.6) is 17.2 Å². The number of rotatable bonds is 15. The molecular formula is C41H48N2O7. The van der Waals surface area contributed by atoms with Crippen LogP contribution in [-0.4, -0.2) is 68.5 Å². The summed E-state index contributed by atoms with van der Waals surface area (Å²) in [5, 5.41) is 14.1. The van der Waals surface area contributed by atoms with Gasteiger partial charge in [0.15, 0.2) is 11.5 Å². The van der Waals surface area contributed by atoms with E-state index in [9.17, 15) is 14.7 Å². The first-order valence-corrected chi connectivity index (χ1v) is 17.0. The van der Waals surface area contributed by atoms with Gasteiger partial charge in [-0.2, -0.15) is 0 Å². The van der Waals surface area contributed by atoms with Crippen LogP contribution in [0.25, 0.3) is 0 Å². The molecule has 1 aliphatic rings. The van der Waals surface area contributed by atoms with E-state index in [0.29, 0.717) is 37.0 Å². The third-order valence-electron chi connectivity index (χ3n) is 9.36. The number of ether oxygens (including phenoxy) is 4. The van der Waals surface area contributed by atoms with Gasteiger partial charge in [0, 0.05) is 18.5 Å². The van der Waals surface area contributed by atoms with Gasteiger partial charge in [0.2, 0.25) is 5.91 Å². The van der Waals surface area contributed by atoms with Crippen molar-refractivity contribution in [2.24, 2.45) is 5.92 Å². The third-order valence-corrected chi connectivity index (χ3v) is 9.36. The smallest absolute Gasteiger partial charge is 0.309 e. The van der Waals surface area contributed by atoms with Gasteiger partial charge < -0.3 is 29.4 Å². The SMILES string of the molecule is COc1ccc([C@H]2CN(CC(=O)NC(c3ccccc3)c3c(C)cccc3C)[C@@H](c3ccc(OCCOC(C)C)cc3)[C@@H]2C(=O)O)cc1OC. The molecule has 264 valence electrons. The zero-order valence-electron chi connectivity index (χ0n) is 29.7. The normalized spacial score (nSPS) is 18.1. The van der Waals surface area contributed by atoms with Crippen LogP contribution < -0.4 is 19.5 Å². The molecule has 1 amide bonds. The Morgan fingerprint density at radius 1 is 0.840 bits per heavy atom. The Labute approximate surface area is 295 Å². The molecule has 1 aliphatic heterocycles. The number of carbonyl (C=O) groups is 2. The number of carbonyl (C=O) groups excluding carboxylic acids is 1. The van der Waals surface area contributed by atoms with E-state index in [4.69, 9.17) is 18.9 Å². The van der Waals surface area contributed by atoms with Crippen LogP contribution in [0.4, 0.5) is 0 Å². The van der Waals surface area contributed by atoms with Crippen LogP contribution in [0.1, 0.15) is 65.2 Å². The summed E-state index contributed by atoms with van der Waals surface area (Å²) in [4.78, 5) is 29.3. The Balaban J connectivity index is 1.48. The molecule has 1 saturated heterocycles. The average Bonchev–Trinajstić information content (AvgIpc) is 3.49. The number of amides is 1. The van der Waals surface area contributed by atoms with Gasteiger partial charge in [-0.1, -0.05) is 66.7 Å². The minimum Gasteiger partial charge on any atom is -0.493 e. The number of carboxylic acid groups (broad SMARTS) is 1. The zero-order chi connectivity index (χ0) is 35.8. The highest BCUT2D eigenvalue weighted by atomic mass is 16.5. The van der Waals surface area contributed by atoms with E-state index in [2.05, 4.69) is 31.3 Å². The van der Waals surface area contributed by atoms with Gasteiger partial charge in [-0.25, -0.2) is 0 Å². The minimum atomic E-state index is -0.943. The largest absolute Gasteiger partial charge is 0.493 e. The molecule has 1 unspecified atom stereocenters. The molecule has 9 nitrogen and oxygen atoms in total. The van der Waals surface area contributed by atoms with Crippen LogP contribution in [0.3, 0.4) is 0 Å². The Morgan fingerprint density at radius 2 is 1.50 bits per heavy atom. The lowest BCUT2D eigenvalue weighted by Crippen LogP contribution is -2.40. The number of hydrogen-bond donors (Lipinski definition) is 2. The molecule has 0 aliphatic carbocycles. The van der Waals surface area contributed by atoms with E-state index < -0.39 is 23.8 Å². The van der Waals surface area contributed by atoms with Crippen LogP contribution in [-0.2, 0) is 14.3 Å². The molecule has 0 saturated carbocycles. The van der Waals surface area contributed by atoms with Crippen molar-refractivity contribution in [1.29, 1.82) is 0 Å². The molecular weight excluding hydrogens is 632 g/mol. The first-order valence-electron chi connectivity index (χ1n) is 17.0. The number of benzene rings is 4. The summed E-state index contributed by atoms with van der Waals surface area (Å²) in [5.41, 5.74) is 5.76. The van der Waals surface area contributed by atoms with Gasteiger partial charge in [0.25, 0.3) is 0 Å². The lowest BCUT2D eigenvalue weighted by atomic mass is 9.82. The Kier molecular flexibility index (Phi) is 12.2. The first-order chi connectivity index (χ1) is 24.1. The maximum Gasteiger partial charge on any atom is 0.309 e. The number of hydrogen-bond acceptors (Lipinski definition) is 7. The van der Waals surface area contributed by atoms with Gasteiger partial charge >= 0.3 is 5.97 Å². The summed E-state index contributed by atoms with van der Waals surface area (Å²) in [6, 6.07) is 28.1. The van der Waals surface area contributed by atoms with Crippen molar-refractivity contribution in [3.05, 3.63) is 124 Å². The number of aliphatic carboxylic acids is 1. The van der Waals surface area contributed by atoms with Crippen molar-refractivity contribution in [2.45, 2.75) is 51.8 Å². The monoisotopic (exact) mass is 680 g/mol. The van der Waals surface area contributed by atoms with Crippen LogP contribution in [0.15, 0.2) is 91.0 Å². The summed E-state index contributed by atoms with van der Waals surface area (Å²) in [7, 11) is 3.12. The van der Waals surface area contributed by atoms with E-state index in [1.165, 1.54) is 0 Å². The highest BCUT2D eigenvalue weighted by Gasteiger charge is 2.48. The molecule has 4 aromatic carbocycles. The van der Waals surface area contributed by atoms with Gasteiger partial charge in [0.1, 0.15) is 12.4 Å². The first kappa shape index (κ1) is 36.4. The van der Waals surface area contributed by atoms with Crippen LogP contribution >= 0.6 is 0 Å². The van der Waals surface area contributed by atoms with Crippen molar-refractivity contribution in [1.82, 2.24) is 10.2 Å². The van der Waals surface area contributed by atoms with E-state index in [-0.39, 0.29) is 24.6 Å². The highest BCUT2D eigenvalue weighted by Crippen LogP contribution is 2.47. The second kappa shape index (κ2) is 16.7. The molecule has 0 radical (unpaired) electrons. The lowest BCUT2D eigenvalue weighted by Gasteiger charge is -2.29. The fourth-order valence-corrected chi connectivity index (χ4v) is 7.06. The second-order valence-electron chi connectivity index (χ2n) is 13.0. The molecule has 0 spiro atoms. The molecule has 0 aromatic heterocycles. The zero-order valence-corrected chi connectivity index (χ0v) is 29.7. The standard InChI is InChI=1S/C41H48N2O7/c1-26(2)49-21-22-50-32-18-15-30(16-19-32)40-38(41(45)46)33(31-17-20-34(47-5)35(23-31)48-6)24-43(40)25-36(44)42-39(29-13-8-7-9-14-29)37-27(3)11-10-12-28(37)4/h7-20,23,26,33,38-40H,21-22,24-25H2,1-6H3,(H,42,44)(H,45,46)/t33-,38-,39?,40+/m1/s1. The third kappa shape index (κ3) is 8.46. The van der Waals surface area contributed by atoms with Crippen molar-refractivity contribution >= 4 is 11.9 Å². The van der Waals surface area contributed by atoms with Crippen molar-refractivity contribution in [3.63, 3.8) is 0 Å². The Bertz CT molecular complexity index is 1720. The predicted molar refractivity (Wildman–Crippen MR) is 193 cm³/mol. The summed E-state index contributed by atoms with van der Waals surface area (Å²) in [6.07, 6.45) is 0.113. The topological polar surface area (TPSA) is 107 Å². The Hall–Kier alpha value is -4.86. The van der Waals surface area contributed by atoms with Gasteiger partial charge in [-0.3, -0.25) is 14.5 Å². The predicted octanol–water partition coefficient (Wildman–Crippen LogP) is 6.87. The molecule has 9 heteroatoms. The maximum absolute atomic E-state index is 14.1. The number of carboxylic acids is 1. The summed E-state index contributed by atoms with van der Waals surface area (Å²) >= 11 is 0. The lowest BCUT2D eigenvalue weighted by molar-refractivity contribution is -0.143. The van der Waals surface area contributed by atoms with Crippen molar-refractivity contribution in [2.75, 3.05) is 40.5 Å². The number of nitrogens with zero attached hydrogens (tertiary/aromatic N) is 1. The van der Waals surface area contributed by atoms with E-state index in [0.717, 1.165) is 33.4 Å². The van der Waals surface area contributed by atoms with E-state index in [1.807, 2.05) is 91.5 Å². The van der Waals surface area contributed by atoms with Crippen molar-refractivity contribution < 1.29 is 33.6 Å². The summed E-state index contributed by atoms with van der Waals surface area (Å²) < 4.78 is 22.5. The molecule has 1 heterocycles. The fourth-order valence-electron chi connectivity index (χ4n) is 7.06. The fraction of sp³-hybridized carbons (Fsp3) is 0.366. The number of nitrogens with one attached hydrogen (secondary N) is 1. The molecule has 50 heavy (non-hydrogen) atoms. The van der Waals surface area contributed by atoms with Crippen molar-refractivity contribution in [3.8, 4) is 17.2 Å². The average molecular weight is 681 g/mol. The summed E-state index contributed by atoms with van der Waals surface area (Å²) in [6.45, 7) is 9.25. The quantitative estimate of drug-likeness (QED) is 0.131. The number of methoxy groups -OCH3 is 2. The van der Waals surface area contributed by atoms with E-state index >= 15 is 0 Å². The Morgan fingerprint density at radius 3 is 2.12 bits per heavy atom. The minimum absolute atomic E-state index is 0.00269. The molecule has 4 aromatic rings. The van der Waals surface area contributed by atoms with Crippen LogP contribution in [0, 0.1) is 19.8 Å². The molecule has 4 atom stereocenters. The molecule has 1 fully saturated rings. The van der Waals surface area contributed by atoms with Crippen LogP contribution in [0.2, 0.25) is 0 Å². The van der Waals surface area contributed by atoms with Gasteiger partial charge in [-0.05, 0) is 85.3 Å². The van der Waals surface area contributed by atoms with Gasteiger partial charge in [-0.15, -0.1) is 0 Å². The number of aryl methyl sites for hydroxylation is 2. The summed E-state index contributed by atoms with van der Waals surface area (Å²) in [5.74, 6) is -0.694. The molecule has 0 bridgehead atoms.